The standard InChI is InChI=1S/C11H21NO2/c1-3-9-5-4-6-11(7-9,12-2)8-10(13)14/h9,12H,3-8H2,1-2H3,(H,13,14). The molecular weight excluding hydrogens is 178 g/mol. The number of rotatable bonds is 4. The first-order valence-corrected chi connectivity index (χ1v) is 5.52. The van der Waals surface area contributed by atoms with Crippen LogP contribution in [-0.4, -0.2) is 23.7 Å². The number of aliphatic carboxylic acids is 1. The van der Waals surface area contributed by atoms with E-state index in [0.717, 1.165) is 19.3 Å². The maximum absolute atomic E-state index is 10.8. The van der Waals surface area contributed by atoms with Gasteiger partial charge in [-0.1, -0.05) is 26.2 Å². The largest absolute Gasteiger partial charge is 0.481 e. The molecule has 1 saturated carbocycles. The molecule has 1 rings (SSSR count). The van der Waals surface area contributed by atoms with Gasteiger partial charge in [0.25, 0.3) is 0 Å². The maximum Gasteiger partial charge on any atom is 0.305 e. The topological polar surface area (TPSA) is 49.3 Å². The first kappa shape index (κ1) is 11.5. The summed E-state index contributed by atoms with van der Waals surface area (Å²) in [6, 6.07) is 0. The van der Waals surface area contributed by atoms with E-state index >= 15 is 0 Å². The fourth-order valence-electron chi connectivity index (χ4n) is 2.60. The molecule has 0 aromatic rings. The van der Waals surface area contributed by atoms with Crippen LogP contribution in [0.4, 0.5) is 0 Å². The molecule has 0 heterocycles. The zero-order valence-electron chi connectivity index (χ0n) is 9.18. The molecule has 1 aliphatic carbocycles. The smallest absolute Gasteiger partial charge is 0.305 e. The summed E-state index contributed by atoms with van der Waals surface area (Å²) in [4.78, 5) is 10.8. The molecule has 2 atom stereocenters. The van der Waals surface area contributed by atoms with E-state index < -0.39 is 5.97 Å². The van der Waals surface area contributed by atoms with Gasteiger partial charge in [0, 0.05) is 5.54 Å². The summed E-state index contributed by atoms with van der Waals surface area (Å²) in [5.41, 5.74) is -0.134. The van der Waals surface area contributed by atoms with E-state index in [0.29, 0.717) is 5.92 Å². The highest BCUT2D eigenvalue weighted by Crippen LogP contribution is 2.36. The Bertz CT molecular complexity index is 205. The molecule has 0 amide bonds. The lowest BCUT2D eigenvalue weighted by atomic mass is 9.73. The van der Waals surface area contributed by atoms with Crippen molar-refractivity contribution in [3.05, 3.63) is 0 Å². The van der Waals surface area contributed by atoms with Gasteiger partial charge in [0.1, 0.15) is 0 Å². The molecule has 0 spiro atoms. The van der Waals surface area contributed by atoms with Crippen molar-refractivity contribution < 1.29 is 9.90 Å². The summed E-state index contributed by atoms with van der Waals surface area (Å²) in [5, 5.41) is 12.1. The van der Waals surface area contributed by atoms with Gasteiger partial charge in [-0.3, -0.25) is 4.79 Å². The SMILES string of the molecule is CCC1CCCC(CC(=O)O)(NC)C1. The van der Waals surface area contributed by atoms with Gasteiger partial charge in [0.05, 0.1) is 6.42 Å². The number of hydrogen-bond acceptors (Lipinski definition) is 2. The van der Waals surface area contributed by atoms with E-state index in [1.807, 2.05) is 7.05 Å². The lowest BCUT2D eigenvalue weighted by Gasteiger charge is -2.39. The zero-order chi connectivity index (χ0) is 10.6. The van der Waals surface area contributed by atoms with E-state index in [2.05, 4.69) is 12.2 Å². The van der Waals surface area contributed by atoms with E-state index in [1.165, 1.54) is 12.8 Å². The minimum Gasteiger partial charge on any atom is -0.481 e. The van der Waals surface area contributed by atoms with Gasteiger partial charge in [-0.2, -0.15) is 0 Å². The summed E-state index contributed by atoms with van der Waals surface area (Å²) >= 11 is 0. The van der Waals surface area contributed by atoms with Crippen LogP contribution in [0.25, 0.3) is 0 Å². The molecule has 82 valence electrons. The quantitative estimate of drug-likeness (QED) is 0.728. The van der Waals surface area contributed by atoms with Crippen LogP contribution in [0.3, 0.4) is 0 Å². The van der Waals surface area contributed by atoms with Crippen LogP contribution in [0.2, 0.25) is 0 Å². The minimum absolute atomic E-state index is 0.134. The van der Waals surface area contributed by atoms with Gasteiger partial charge in [-0.15, -0.1) is 0 Å². The Hall–Kier alpha value is -0.570. The molecule has 14 heavy (non-hydrogen) atoms. The summed E-state index contributed by atoms with van der Waals surface area (Å²) in [6.07, 6.45) is 5.88. The Balaban J connectivity index is 2.62. The molecule has 0 aromatic heterocycles. The highest BCUT2D eigenvalue weighted by Gasteiger charge is 2.36. The lowest BCUT2D eigenvalue weighted by molar-refractivity contribution is -0.139. The van der Waals surface area contributed by atoms with Gasteiger partial charge >= 0.3 is 5.97 Å². The predicted octanol–water partition coefficient (Wildman–Crippen LogP) is 2.02. The molecule has 2 N–H and O–H groups in total. The second-order valence-electron chi connectivity index (χ2n) is 4.47. The Morgan fingerprint density at radius 1 is 1.64 bits per heavy atom. The van der Waals surface area contributed by atoms with Gasteiger partial charge in [-0.05, 0) is 25.8 Å². The van der Waals surface area contributed by atoms with Crippen LogP contribution in [0.5, 0.6) is 0 Å². The van der Waals surface area contributed by atoms with Crippen LogP contribution >= 0.6 is 0 Å². The third-order valence-corrected chi connectivity index (χ3v) is 3.54. The highest BCUT2D eigenvalue weighted by molar-refractivity contribution is 5.68. The van der Waals surface area contributed by atoms with Crippen LogP contribution in [0, 0.1) is 5.92 Å². The monoisotopic (exact) mass is 199 g/mol. The van der Waals surface area contributed by atoms with E-state index in [4.69, 9.17) is 5.11 Å². The van der Waals surface area contributed by atoms with Crippen molar-refractivity contribution in [3.8, 4) is 0 Å². The molecule has 3 heteroatoms. The normalized spacial score (nSPS) is 32.9. The Morgan fingerprint density at radius 2 is 2.36 bits per heavy atom. The van der Waals surface area contributed by atoms with Gasteiger partial charge in [0.15, 0.2) is 0 Å². The first-order chi connectivity index (χ1) is 6.62. The molecule has 1 aliphatic rings. The van der Waals surface area contributed by atoms with Crippen molar-refractivity contribution in [2.24, 2.45) is 5.92 Å². The van der Waals surface area contributed by atoms with Gasteiger partial charge < -0.3 is 10.4 Å². The molecule has 0 radical (unpaired) electrons. The second kappa shape index (κ2) is 4.78. The molecule has 0 bridgehead atoms. The average Bonchev–Trinajstić information content (AvgIpc) is 2.17. The van der Waals surface area contributed by atoms with Crippen molar-refractivity contribution in [1.29, 1.82) is 0 Å². The highest BCUT2D eigenvalue weighted by atomic mass is 16.4. The first-order valence-electron chi connectivity index (χ1n) is 5.52. The van der Waals surface area contributed by atoms with Crippen LogP contribution in [-0.2, 0) is 4.79 Å². The molecule has 0 saturated heterocycles. The fourth-order valence-corrected chi connectivity index (χ4v) is 2.60. The molecule has 2 unspecified atom stereocenters. The molecule has 0 aliphatic heterocycles. The number of hydrogen-bond donors (Lipinski definition) is 2. The van der Waals surface area contributed by atoms with Crippen molar-refractivity contribution in [3.63, 3.8) is 0 Å². The summed E-state index contributed by atoms with van der Waals surface area (Å²) in [5.74, 6) is 0.0200. The minimum atomic E-state index is -0.684. The van der Waals surface area contributed by atoms with E-state index in [9.17, 15) is 4.79 Å². The third kappa shape index (κ3) is 2.71. The summed E-state index contributed by atoms with van der Waals surface area (Å²) in [6.45, 7) is 2.19. The molecular formula is C11H21NO2. The Morgan fingerprint density at radius 3 is 2.86 bits per heavy atom. The number of nitrogens with one attached hydrogen (secondary N) is 1. The zero-order valence-corrected chi connectivity index (χ0v) is 9.18. The van der Waals surface area contributed by atoms with Crippen molar-refractivity contribution >= 4 is 5.97 Å². The van der Waals surface area contributed by atoms with E-state index in [1.54, 1.807) is 0 Å². The number of carboxylic acid groups (broad SMARTS) is 1. The van der Waals surface area contributed by atoms with Gasteiger partial charge in [-0.25, -0.2) is 0 Å². The van der Waals surface area contributed by atoms with Crippen molar-refractivity contribution in [2.75, 3.05) is 7.05 Å². The summed E-state index contributed by atoms with van der Waals surface area (Å²) < 4.78 is 0. The average molecular weight is 199 g/mol. The van der Waals surface area contributed by atoms with Crippen LogP contribution in [0.1, 0.15) is 45.4 Å². The van der Waals surface area contributed by atoms with Crippen LogP contribution < -0.4 is 5.32 Å². The lowest BCUT2D eigenvalue weighted by Crippen LogP contribution is -2.48. The molecule has 3 nitrogen and oxygen atoms in total. The van der Waals surface area contributed by atoms with Gasteiger partial charge in [0.2, 0.25) is 0 Å². The summed E-state index contributed by atoms with van der Waals surface area (Å²) in [7, 11) is 1.89. The van der Waals surface area contributed by atoms with Crippen LogP contribution in [0.15, 0.2) is 0 Å². The number of carbonyl (C=O) groups is 1. The second-order valence-corrected chi connectivity index (χ2v) is 4.47. The Labute approximate surface area is 85.9 Å². The van der Waals surface area contributed by atoms with Crippen molar-refractivity contribution in [2.45, 2.75) is 51.0 Å². The Kier molecular flexibility index (Phi) is 3.93. The molecule has 1 fully saturated rings. The third-order valence-electron chi connectivity index (χ3n) is 3.54. The maximum atomic E-state index is 10.8. The number of carboxylic acids is 1. The van der Waals surface area contributed by atoms with Crippen molar-refractivity contribution in [1.82, 2.24) is 5.32 Å². The van der Waals surface area contributed by atoms with E-state index in [-0.39, 0.29) is 12.0 Å². The molecule has 0 aromatic carbocycles. The fraction of sp³-hybridized carbons (Fsp3) is 0.909. The predicted molar refractivity (Wildman–Crippen MR) is 56.3 cm³/mol.